The van der Waals surface area contributed by atoms with Gasteiger partial charge in [-0.3, -0.25) is 28.9 Å². The lowest BCUT2D eigenvalue weighted by molar-refractivity contribution is -0.146. The van der Waals surface area contributed by atoms with E-state index in [1.807, 2.05) is 95.8 Å². The fourth-order valence-corrected chi connectivity index (χ4v) is 8.36. The number of hydrogen-bond acceptors (Lipinski definition) is 8. The van der Waals surface area contributed by atoms with Crippen molar-refractivity contribution >= 4 is 29.5 Å². The Hall–Kier alpha value is -3.97. The maximum Gasteiger partial charge on any atom is 0.245 e. The van der Waals surface area contributed by atoms with Gasteiger partial charge < -0.3 is 35.2 Å². The van der Waals surface area contributed by atoms with Crippen LogP contribution in [0.4, 0.5) is 0 Å². The third kappa shape index (κ3) is 15.2. The molecule has 334 valence electrons. The van der Waals surface area contributed by atoms with Crippen LogP contribution in [-0.4, -0.2) is 128 Å². The highest BCUT2D eigenvalue weighted by Crippen LogP contribution is 2.31. The van der Waals surface area contributed by atoms with E-state index in [0.29, 0.717) is 38.3 Å². The van der Waals surface area contributed by atoms with E-state index in [0.717, 1.165) is 24.8 Å². The molecule has 1 aromatic rings. The second kappa shape index (κ2) is 25.0. The Morgan fingerprint density at radius 2 is 1.56 bits per heavy atom. The molecule has 9 atom stereocenters. The van der Waals surface area contributed by atoms with Crippen LogP contribution in [0.2, 0.25) is 0 Å². The van der Waals surface area contributed by atoms with Crippen molar-refractivity contribution in [2.45, 2.75) is 137 Å². The van der Waals surface area contributed by atoms with Gasteiger partial charge in [0.1, 0.15) is 12.1 Å². The number of rotatable bonds is 25. The van der Waals surface area contributed by atoms with E-state index in [1.165, 1.54) is 0 Å². The topological polar surface area (TPSA) is 150 Å². The summed E-state index contributed by atoms with van der Waals surface area (Å²) in [5.74, 6) is -1.26. The van der Waals surface area contributed by atoms with E-state index >= 15 is 0 Å². The van der Waals surface area contributed by atoms with E-state index < -0.39 is 36.2 Å². The molecule has 3 N–H and O–H groups in total. The lowest BCUT2D eigenvalue weighted by atomic mass is 9.86. The summed E-state index contributed by atoms with van der Waals surface area (Å²) < 4.78 is 11.5. The van der Waals surface area contributed by atoms with Crippen molar-refractivity contribution < 1.29 is 33.4 Å². The van der Waals surface area contributed by atoms with Gasteiger partial charge in [0.15, 0.2) is 0 Å². The zero-order valence-electron chi connectivity index (χ0n) is 38.5. The molecule has 2 rings (SSSR count). The number of amides is 5. The van der Waals surface area contributed by atoms with Crippen molar-refractivity contribution in [3.63, 3.8) is 0 Å². The van der Waals surface area contributed by atoms with E-state index in [1.54, 1.807) is 26.0 Å². The minimum atomic E-state index is -0.782. The molecule has 0 radical (unpaired) electrons. The number of nitrogens with zero attached hydrogens (tertiary/aromatic N) is 3. The first-order chi connectivity index (χ1) is 27.8. The van der Waals surface area contributed by atoms with Crippen LogP contribution in [0.1, 0.15) is 100.0 Å². The fourth-order valence-electron chi connectivity index (χ4n) is 8.36. The molecule has 0 saturated carbocycles. The third-order valence-corrected chi connectivity index (χ3v) is 12.1. The summed E-state index contributed by atoms with van der Waals surface area (Å²) in [6.07, 6.45) is 2.67. The van der Waals surface area contributed by atoms with Crippen molar-refractivity contribution in [2.24, 2.45) is 29.6 Å². The number of likely N-dealkylation sites (tertiary alicyclic amines) is 1. The number of carbonyl (C=O) groups is 5. The number of hydrogen-bond donors (Lipinski definition) is 3. The summed E-state index contributed by atoms with van der Waals surface area (Å²) in [6.45, 7) is 22.7. The molecule has 0 bridgehead atoms. The standard InChI is InChI=1S/C46H78N6O7/c1-15-32(8)42(51(13)46(57)40(29(2)3)49-45(56)41(30(4)5)50(11)12)38(58-14)28-39(53)52-25-19-23-37(52)33(9)34(10)43(54)48-36(27-35-21-17-16-18-22-35)44(55)47-24-20-26-59-31(6)7/h16-18,21-22,29-30,32-34,36-38,40-42H,6,15,19-20,23-28H2,1-5,7-14H3,(H,47,55)(H,48,54)(H,49,56)/t32-,33+,34+,36-,37-,38+,40-,41-,42-/m0/s1. The largest absolute Gasteiger partial charge is 0.499 e. The second-order valence-corrected chi connectivity index (χ2v) is 17.6. The predicted octanol–water partition coefficient (Wildman–Crippen LogP) is 5.04. The van der Waals surface area contributed by atoms with Gasteiger partial charge in [0.2, 0.25) is 29.5 Å². The Labute approximate surface area is 355 Å². The quantitative estimate of drug-likeness (QED) is 0.0918. The first kappa shape index (κ1) is 51.2. The van der Waals surface area contributed by atoms with E-state index in [9.17, 15) is 24.0 Å². The number of allylic oxidation sites excluding steroid dienone is 1. The Morgan fingerprint density at radius 3 is 2.10 bits per heavy atom. The molecule has 1 aliphatic heterocycles. The number of carbonyl (C=O) groups excluding carboxylic acids is 5. The normalized spacial score (nSPS) is 18.3. The highest BCUT2D eigenvalue weighted by Gasteiger charge is 2.42. The van der Waals surface area contributed by atoms with Crippen molar-refractivity contribution in [1.82, 2.24) is 30.7 Å². The van der Waals surface area contributed by atoms with Gasteiger partial charge in [-0.2, -0.15) is 0 Å². The molecule has 1 aromatic carbocycles. The minimum Gasteiger partial charge on any atom is -0.499 e. The molecule has 0 unspecified atom stereocenters. The Bertz CT molecular complexity index is 1500. The van der Waals surface area contributed by atoms with Crippen LogP contribution < -0.4 is 16.0 Å². The van der Waals surface area contributed by atoms with Crippen LogP contribution >= 0.6 is 0 Å². The van der Waals surface area contributed by atoms with Crippen LogP contribution in [0.3, 0.4) is 0 Å². The van der Waals surface area contributed by atoms with Gasteiger partial charge >= 0.3 is 0 Å². The number of methoxy groups -OCH3 is 1. The average Bonchev–Trinajstić information content (AvgIpc) is 3.68. The summed E-state index contributed by atoms with van der Waals surface area (Å²) in [5, 5.41) is 9.03. The Morgan fingerprint density at radius 1 is 0.915 bits per heavy atom. The van der Waals surface area contributed by atoms with E-state index in [2.05, 4.69) is 36.4 Å². The van der Waals surface area contributed by atoms with Crippen molar-refractivity contribution in [2.75, 3.05) is 47.9 Å². The molecule has 1 saturated heterocycles. The summed E-state index contributed by atoms with van der Waals surface area (Å²) >= 11 is 0. The van der Waals surface area contributed by atoms with Crippen molar-refractivity contribution in [1.29, 1.82) is 0 Å². The number of benzene rings is 1. The lowest BCUT2D eigenvalue weighted by Gasteiger charge is -2.41. The average molecular weight is 827 g/mol. The molecule has 0 aromatic heterocycles. The molecule has 0 spiro atoms. The highest BCUT2D eigenvalue weighted by molar-refractivity contribution is 5.90. The van der Waals surface area contributed by atoms with Gasteiger partial charge in [0.05, 0.1) is 37.0 Å². The zero-order chi connectivity index (χ0) is 44.6. The van der Waals surface area contributed by atoms with Crippen LogP contribution in [0.5, 0.6) is 0 Å². The van der Waals surface area contributed by atoms with Crippen LogP contribution in [0.25, 0.3) is 0 Å². The molecule has 13 heteroatoms. The van der Waals surface area contributed by atoms with Gasteiger partial charge in [0, 0.05) is 45.6 Å². The summed E-state index contributed by atoms with van der Waals surface area (Å²) in [7, 11) is 7.04. The molecule has 0 aliphatic carbocycles. The Balaban J connectivity index is 2.24. The SMILES string of the molecule is C=C(C)OCCCNC(=O)[C@H](Cc1ccccc1)NC(=O)[C@H](C)[C@@H](C)[C@@H]1CCCN1C(=O)C[C@@H](OC)[C@H]([C@@H](C)CC)N(C)C(=O)[C@@H](NC(=O)[C@H](C(C)C)N(C)C)C(C)C. The predicted molar refractivity (Wildman–Crippen MR) is 234 cm³/mol. The summed E-state index contributed by atoms with van der Waals surface area (Å²) in [6, 6.07) is 7.02. The van der Waals surface area contributed by atoms with Crippen molar-refractivity contribution in [3.8, 4) is 0 Å². The molecule has 13 nitrogen and oxygen atoms in total. The first-order valence-electron chi connectivity index (χ1n) is 21.7. The monoisotopic (exact) mass is 827 g/mol. The lowest BCUT2D eigenvalue weighted by Crippen LogP contribution is -2.59. The number of likely N-dealkylation sites (N-methyl/N-ethyl adjacent to an activating group) is 2. The van der Waals surface area contributed by atoms with Gasteiger partial charge in [0.25, 0.3) is 0 Å². The second-order valence-electron chi connectivity index (χ2n) is 17.6. The maximum atomic E-state index is 14.3. The molecule has 1 aliphatic rings. The highest BCUT2D eigenvalue weighted by atomic mass is 16.5. The third-order valence-electron chi connectivity index (χ3n) is 12.1. The van der Waals surface area contributed by atoms with E-state index in [-0.39, 0.29) is 65.7 Å². The van der Waals surface area contributed by atoms with Crippen LogP contribution in [0, 0.1) is 29.6 Å². The Kier molecular flexibility index (Phi) is 21.6. The molecular weight excluding hydrogens is 749 g/mol. The summed E-state index contributed by atoms with van der Waals surface area (Å²) in [4.78, 5) is 74.8. The van der Waals surface area contributed by atoms with Crippen molar-refractivity contribution in [3.05, 3.63) is 48.2 Å². The molecule has 1 fully saturated rings. The minimum absolute atomic E-state index is 0.0156. The van der Waals surface area contributed by atoms with Crippen LogP contribution in [-0.2, 0) is 39.9 Å². The van der Waals surface area contributed by atoms with E-state index in [4.69, 9.17) is 9.47 Å². The van der Waals surface area contributed by atoms with Gasteiger partial charge in [-0.05, 0) is 69.5 Å². The number of ether oxygens (including phenoxy) is 2. The van der Waals surface area contributed by atoms with Gasteiger partial charge in [-0.15, -0.1) is 0 Å². The molecular formula is C46H78N6O7. The fraction of sp³-hybridized carbons (Fsp3) is 0.717. The smallest absolute Gasteiger partial charge is 0.245 e. The molecule has 1 heterocycles. The molecule has 5 amide bonds. The van der Waals surface area contributed by atoms with Gasteiger partial charge in [-0.25, -0.2) is 0 Å². The summed E-state index contributed by atoms with van der Waals surface area (Å²) in [5.41, 5.74) is 0.927. The first-order valence-corrected chi connectivity index (χ1v) is 21.7. The van der Waals surface area contributed by atoms with Gasteiger partial charge in [-0.1, -0.05) is 98.7 Å². The molecule has 59 heavy (non-hydrogen) atoms. The van der Waals surface area contributed by atoms with Crippen LogP contribution in [0.15, 0.2) is 42.7 Å². The maximum absolute atomic E-state index is 14.3. The number of nitrogens with one attached hydrogen (secondary N) is 3. The zero-order valence-corrected chi connectivity index (χ0v) is 38.5.